The minimum atomic E-state index is -0.597. The SMILES string of the molecule is COc1cc(Cl)c(C)cc1NC(=O)c1cc(Br)ccc1F. The number of nitrogens with one attached hydrogen (secondary N) is 1. The lowest BCUT2D eigenvalue weighted by molar-refractivity contribution is 0.102. The Morgan fingerprint density at radius 2 is 2.05 bits per heavy atom. The third kappa shape index (κ3) is 3.54. The molecule has 2 aromatic carbocycles. The highest BCUT2D eigenvalue weighted by atomic mass is 79.9. The second-order valence-electron chi connectivity index (χ2n) is 4.38. The van der Waals surface area contributed by atoms with E-state index in [4.69, 9.17) is 16.3 Å². The zero-order valence-electron chi connectivity index (χ0n) is 11.3. The first-order valence-corrected chi connectivity index (χ1v) is 7.20. The quantitative estimate of drug-likeness (QED) is 0.839. The van der Waals surface area contributed by atoms with E-state index in [0.717, 1.165) is 5.56 Å². The molecule has 0 bridgehead atoms. The number of halogens is 3. The number of hydrogen-bond acceptors (Lipinski definition) is 2. The summed E-state index contributed by atoms with van der Waals surface area (Å²) in [5.41, 5.74) is 1.16. The van der Waals surface area contributed by atoms with E-state index in [1.54, 1.807) is 19.1 Å². The summed E-state index contributed by atoms with van der Waals surface area (Å²) in [7, 11) is 1.47. The van der Waals surface area contributed by atoms with Gasteiger partial charge in [-0.05, 0) is 36.8 Å². The molecule has 0 aromatic heterocycles. The van der Waals surface area contributed by atoms with E-state index in [2.05, 4.69) is 21.2 Å². The number of ether oxygens (including phenoxy) is 1. The van der Waals surface area contributed by atoms with E-state index in [-0.39, 0.29) is 5.56 Å². The van der Waals surface area contributed by atoms with Gasteiger partial charge in [0, 0.05) is 15.6 Å². The van der Waals surface area contributed by atoms with Crippen molar-refractivity contribution in [3.8, 4) is 5.75 Å². The number of benzene rings is 2. The Morgan fingerprint density at radius 3 is 2.71 bits per heavy atom. The Hall–Kier alpha value is -1.59. The predicted molar refractivity (Wildman–Crippen MR) is 84.8 cm³/mol. The summed E-state index contributed by atoms with van der Waals surface area (Å²) in [6.45, 7) is 1.80. The summed E-state index contributed by atoms with van der Waals surface area (Å²) in [6.07, 6.45) is 0. The Bertz CT molecular complexity index is 706. The average molecular weight is 373 g/mol. The largest absolute Gasteiger partial charge is 0.495 e. The second kappa shape index (κ2) is 6.45. The van der Waals surface area contributed by atoms with Crippen LogP contribution in [0.4, 0.5) is 10.1 Å². The van der Waals surface area contributed by atoms with Gasteiger partial charge in [0.1, 0.15) is 11.6 Å². The van der Waals surface area contributed by atoms with Crippen molar-refractivity contribution >= 4 is 39.1 Å². The molecule has 0 aliphatic carbocycles. The van der Waals surface area contributed by atoms with Crippen LogP contribution in [0.15, 0.2) is 34.8 Å². The molecule has 0 atom stereocenters. The lowest BCUT2D eigenvalue weighted by Crippen LogP contribution is -2.14. The van der Waals surface area contributed by atoms with Gasteiger partial charge in [-0.1, -0.05) is 27.5 Å². The number of carbonyl (C=O) groups excluding carboxylic acids is 1. The molecule has 0 aliphatic heterocycles. The molecule has 0 fully saturated rings. The number of rotatable bonds is 3. The maximum Gasteiger partial charge on any atom is 0.258 e. The molecule has 0 saturated heterocycles. The van der Waals surface area contributed by atoms with Gasteiger partial charge in [0.25, 0.3) is 5.91 Å². The summed E-state index contributed by atoms with van der Waals surface area (Å²) >= 11 is 9.22. The van der Waals surface area contributed by atoms with Crippen LogP contribution in [0, 0.1) is 12.7 Å². The lowest BCUT2D eigenvalue weighted by Gasteiger charge is -2.12. The molecule has 6 heteroatoms. The van der Waals surface area contributed by atoms with Crippen molar-refractivity contribution < 1.29 is 13.9 Å². The number of carbonyl (C=O) groups is 1. The van der Waals surface area contributed by atoms with Gasteiger partial charge >= 0.3 is 0 Å². The normalized spacial score (nSPS) is 10.3. The standard InChI is InChI=1S/C15H12BrClFNO2/c1-8-5-13(14(21-2)7-11(8)17)19-15(20)10-6-9(16)3-4-12(10)18/h3-7H,1-2H3,(H,19,20). The van der Waals surface area contributed by atoms with E-state index >= 15 is 0 Å². The van der Waals surface area contributed by atoms with E-state index in [1.165, 1.54) is 25.3 Å². The van der Waals surface area contributed by atoms with Crippen molar-refractivity contribution in [1.29, 1.82) is 0 Å². The Labute approximate surface area is 135 Å². The molecule has 2 aromatic rings. The zero-order valence-corrected chi connectivity index (χ0v) is 13.7. The third-order valence-electron chi connectivity index (χ3n) is 2.90. The van der Waals surface area contributed by atoms with Crippen molar-refractivity contribution in [2.45, 2.75) is 6.92 Å². The molecular formula is C15H12BrClFNO2. The van der Waals surface area contributed by atoms with Crippen LogP contribution in [0.2, 0.25) is 5.02 Å². The van der Waals surface area contributed by atoms with Gasteiger partial charge in [-0.15, -0.1) is 0 Å². The van der Waals surface area contributed by atoms with Crippen LogP contribution in [-0.2, 0) is 0 Å². The minimum absolute atomic E-state index is 0.0565. The fourth-order valence-corrected chi connectivity index (χ4v) is 2.31. The molecule has 2 rings (SSSR count). The molecule has 21 heavy (non-hydrogen) atoms. The van der Waals surface area contributed by atoms with Gasteiger partial charge in [-0.2, -0.15) is 0 Å². The highest BCUT2D eigenvalue weighted by Crippen LogP contribution is 2.31. The number of hydrogen-bond donors (Lipinski definition) is 1. The molecule has 1 amide bonds. The van der Waals surface area contributed by atoms with Gasteiger partial charge in [-0.3, -0.25) is 4.79 Å². The minimum Gasteiger partial charge on any atom is -0.495 e. The molecule has 3 nitrogen and oxygen atoms in total. The first kappa shape index (κ1) is 15.8. The Balaban J connectivity index is 2.35. The van der Waals surface area contributed by atoms with Crippen molar-refractivity contribution in [3.63, 3.8) is 0 Å². The topological polar surface area (TPSA) is 38.3 Å². The molecule has 0 aliphatic rings. The summed E-state index contributed by atoms with van der Waals surface area (Å²) in [5, 5.41) is 3.16. The van der Waals surface area contributed by atoms with Crippen LogP contribution in [0.5, 0.6) is 5.75 Å². The van der Waals surface area contributed by atoms with E-state index < -0.39 is 11.7 Å². The highest BCUT2D eigenvalue weighted by molar-refractivity contribution is 9.10. The average Bonchev–Trinajstić information content (AvgIpc) is 2.45. The molecule has 0 saturated carbocycles. The van der Waals surface area contributed by atoms with E-state index in [0.29, 0.717) is 20.9 Å². The van der Waals surface area contributed by atoms with Crippen molar-refractivity contribution in [2.24, 2.45) is 0 Å². The van der Waals surface area contributed by atoms with Gasteiger partial charge in [0.15, 0.2) is 0 Å². The monoisotopic (exact) mass is 371 g/mol. The molecule has 0 heterocycles. The van der Waals surface area contributed by atoms with Crippen LogP contribution < -0.4 is 10.1 Å². The van der Waals surface area contributed by atoms with Gasteiger partial charge < -0.3 is 10.1 Å². The number of methoxy groups -OCH3 is 1. The summed E-state index contributed by atoms with van der Waals surface area (Å²) < 4.78 is 19.5. The second-order valence-corrected chi connectivity index (χ2v) is 5.70. The number of amides is 1. The van der Waals surface area contributed by atoms with Gasteiger partial charge in [0.2, 0.25) is 0 Å². The smallest absolute Gasteiger partial charge is 0.258 e. The van der Waals surface area contributed by atoms with Gasteiger partial charge in [-0.25, -0.2) is 4.39 Å². The lowest BCUT2D eigenvalue weighted by atomic mass is 10.1. The summed E-state index contributed by atoms with van der Waals surface area (Å²) in [6, 6.07) is 7.45. The van der Waals surface area contributed by atoms with Crippen LogP contribution in [0.3, 0.4) is 0 Å². The highest BCUT2D eigenvalue weighted by Gasteiger charge is 2.15. The number of anilines is 1. The van der Waals surface area contributed by atoms with Crippen LogP contribution in [0.25, 0.3) is 0 Å². The van der Waals surface area contributed by atoms with Crippen LogP contribution in [-0.4, -0.2) is 13.0 Å². The Kier molecular flexibility index (Phi) is 4.85. The summed E-state index contributed by atoms with van der Waals surface area (Å²) in [5.74, 6) is -0.747. The fraction of sp³-hybridized carbons (Fsp3) is 0.133. The van der Waals surface area contributed by atoms with Crippen molar-refractivity contribution in [2.75, 3.05) is 12.4 Å². The maximum absolute atomic E-state index is 13.7. The predicted octanol–water partition coefficient (Wildman–Crippen LogP) is 4.81. The first-order valence-electron chi connectivity index (χ1n) is 6.03. The molecule has 0 spiro atoms. The third-order valence-corrected chi connectivity index (χ3v) is 3.80. The molecule has 1 N–H and O–H groups in total. The molecule has 0 radical (unpaired) electrons. The van der Waals surface area contributed by atoms with Crippen molar-refractivity contribution in [1.82, 2.24) is 0 Å². The van der Waals surface area contributed by atoms with Crippen molar-refractivity contribution in [3.05, 3.63) is 56.8 Å². The Morgan fingerprint density at radius 1 is 1.33 bits per heavy atom. The molecule has 110 valence electrons. The van der Waals surface area contributed by atoms with Crippen LogP contribution >= 0.6 is 27.5 Å². The first-order chi connectivity index (χ1) is 9.92. The van der Waals surface area contributed by atoms with Gasteiger partial charge in [0.05, 0.1) is 18.4 Å². The molecular weight excluding hydrogens is 361 g/mol. The van der Waals surface area contributed by atoms with Crippen LogP contribution in [0.1, 0.15) is 15.9 Å². The summed E-state index contributed by atoms with van der Waals surface area (Å²) in [4.78, 5) is 12.2. The maximum atomic E-state index is 13.7. The molecule has 0 unspecified atom stereocenters. The van der Waals surface area contributed by atoms with E-state index in [1.807, 2.05) is 0 Å². The zero-order chi connectivity index (χ0) is 15.6. The fourth-order valence-electron chi connectivity index (χ4n) is 1.79. The number of aryl methyl sites for hydroxylation is 1. The van der Waals surface area contributed by atoms with E-state index in [9.17, 15) is 9.18 Å².